The van der Waals surface area contributed by atoms with Crippen molar-refractivity contribution < 1.29 is 17.7 Å². The van der Waals surface area contributed by atoms with E-state index in [1.165, 1.54) is 4.31 Å². The van der Waals surface area contributed by atoms with E-state index in [4.69, 9.17) is 4.52 Å². The summed E-state index contributed by atoms with van der Waals surface area (Å²) < 4.78 is 34.2. The highest BCUT2D eigenvalue weighted by Gasteiger charge is 2.38. The molecule has 1 aromatic heterocycles. The summed E-state index contributed by atoms with van der Waals surface area (Å²) in [6.07, 6.45) is 5.43. The molecule has 1 atom stereocenters. The van der Waals surface area contributed by atoms with Crippen LogP contribution in [0, 0.1) is 19.8 Å². The fourth-order valence-corrected chi connectivity index (χ4v) is 7.99. The lowest BCUT2D eigenvalue weighted by atomic mass is 9.96. The molecule has 2 aliphatic rings. The minimum absolute atomic E-state index is 0.0936. The number of amides is 1. The van der Waals surface area contributed by atoms with Crippen LogP contribution >= 0.6 is 11.8 Å². The normalized spacial score (nSPS) is 19.1. The molecule has 1 saturated heterocycles. The van der Waals surface area contributed by atoms with Crippen LogP contribution in [0.5, 0.6) is 0 Å². The first kappa shape index (κ1) is 26.7. The first-order chi connectivity index (χ1) is 18.3. The van der Waals surface area contributed by atoms with Crippen molar-refractivity contribution in [2.45, 2.75) is 55.1 Å². The SMILES string of the molecule is CCC1CN(C(=O)C2CCN(S(=O)(=O)c3c(C)noc3C=Cc3ccc(C)cc3)CC2)c2ccccc2S1. The number of rotatable bonds is 6. The number of aromatic nitrogens is 1. The van der Waals surface area contributed by atoms with Gasteiger partial charge in [0, 0.05) is 35.7 Å². The fraction of sp³-hybridized carbons (Fsp3) is 0.379. The van der Waals surface area contributed by atoms with Crippen LogP contribution in [0.15, 0.2) is 62.8 Å². The largest absolute Gasteiger partial charge is 0.355 e. The summed E-state index contributed by atoms with van der Waals surface area (Å²) in [5.41, 5.74) is 3.39. The number of carbonyl (C=O) groups is 1. The molecule has 2 aliphatic heterocycles. The quantitative estimate of drug-likeness (QED) is 0.386. The zero-order valence-corrected chi connectivity index (χ0v) is 23.6. The van der Waals surface area contributed by atoms with E-state index in [1.807, 2.05) is 72.1 Å². The number of hydrogen-bond donors (Lipinski definition) is 0. The van der Waals surface area contributed by atoms with E-state index in [-0.39, 0.29) is 35.6 Å². The molecule has 1 amide bonds. The first-order valence-corrected chi connectivity index (χ1v) is 15.4. The Balaban J connectivity index is 1.30. The third kappa shape index (κ3) is 5.32. The molecule has 1 fully saturated rings. The molecule has 0 spiro atoms. The third-order valence-corrected chi connectivity index (χ3v) is 10.8. The molecule has 38 heavy (non-hydrogen) atoms. The van der Waals surface area contributed by atoms with Gasteiger partial charge in [0.2, 0.25) is 15.9 Å². The second-order valence-electron chi connectivity index (χ2n) is 9.95. The average Bonchev–Trinajstić information content (AvgIpc) is 3.32. The van der Waals surface area contributed by atoms with E-state index in [1.54, 1.807) is 13.0 Å². The maximum absolute atomic E-state index is 13.7. The van der Waals surface area contributed by atoms with Gasteiger partial charge in [0.1, 0.15) is 5.69 Å². The second kappa shape index (κ2) is 11.1. The van der Waals surface area contributed by atoms with Gasteiger partial charge in [0.05, 0.1) is 5.69 Å². The summed E-state index contributed by atoms with van der Waals surface area (Å²) in [5, 5.41) is 4.31. The van der Waals surface area contributed by atoms with E-state index in [0.29, 0.717) is 30.3 Å². The number of anilines is 1. The van der Waals surface area contributed by atoms with Crippen molar-refractivity contribution in [2.24, 2.45) is 5.92 Å². The number of sulfonamides is 1. The Kier molecular flexibility index (Phi) is 7.79. The lowest BCUT2D eigenvalue weighted by Gasteiger charge is -2.38. The van der Waals surface area contributed by atoms with Crippen LogP contribution in [0.2, 0.25) is 0 Å². The van der Waals surface area contributed by atoms with Gasteiger partial charge in [-0.1, -0.05) is 60.1 Å². The van der Waals surface area contributed by atoms with Crippen LogP contribution in [0.1, 0.15) is 48.8 Å². The molecule has 0 bridgehead atoms. The zero-order valence-electron chi connectivity index (χ0n) is 22.0. The van der Waals surface area contributed by atoms with Crippen LogP contribution in [0.3, 0.4) is 0 Å². The molecule has 5 rings (SSSR count). The molecule has 1 unspecified atom stereocenters. The molecular formula is C29H33N3O4S2. The van der Waals surface area contributed by atoms with Gasteiger partial charge in [-0.3, -0.25) is 4.79 Å². The monoisotopic (exact) mass is 551 g/mol. The van der Waals surface area contributed by atoms with E-state index >= 15 is 0 Å². The van der Waals surface area contributed by atoms with Gasteiger partial charge < -0.3 is 9.42 Å². The van der Waals surface area contributed by atoms with E-state index in [9.17, 15) is 13.2 Å². The minimum atomic E-state index is -3.83. The Morgan fingerprint density at radius 3 is 2.50 bits per heavy atom. The number of benzene rings is 2. The van der Waals surface area contributed by atoms with Crippen LogP contribution in [-0.2, 0) is 14.8 Å². The van der Waals surface area contributed by atoms with Gasteiger partial charge >= 0.3 is 0 Å². The van der Waals surface area contributed by atoms with Crippen LogP contribution in [0.25, 0.3) is 12.2 Å². The summed E-state index contributed by atoms with van der Waals surface area (Å²) in [6, 6.07) is 16.0. The molecule has 3 heterocycles. The highest BCUT2D eigenvalue weighted by atomic mass is 32.2. The van der Waals surface area contributed by atoms with Crippen LogP contribution in [-0.4, -0.2) is 48.7 Å². The Hall–Kier alpha value is -2.88. The third-order valence-electron chi connectivity index (χ3n) is 7.30. The smallest absolute Gasteiger partial charge is 0.248 e. The number of thioether (sulfide) groups is 1. The van der Waals surface area contributed by atoms with Crippen molar-refractivity contribution in [1.82, 2.24) is 9.46 Å². The maximum atomic E-state index is 13.7. The summed E-state index contributed by atoms with van der Waals surface area (Å²) >= 11 is 1.83. The van der Waals surface area contributed by atoms with E-state index in [0.717, 1.165) is 28.1 Å². The molecule has 7 nitrogen and oxygen atoms in total. The molecule has 2 aromatic carbocycles. The number of aryl methyl sites for hydroxylation is 2. The van der Waals surface area contributed by atoms with Crippen molar-refractivity contribution >= 4 is 45.5 Å². The summed E-state index contributed by atoms with van der Waals surface area (Å²) in [5.74, 6) is 0.102. The molecule has 9 heteroatoms. The summed E-state index contributed by atoms with van der Waals surface area (Å²) in [6.45, 7) is 7.06. The molecule has 3 aromatic rings. The fourth-order valence-electron chi connectivity index (χ4n) is 5.06. The predicted molar refractivity (Wildman–Crippen MR) is 152 cm³/mol. The van der Waals surface area contributed by atoms with Gasteiger partial charge in [-0.15, -0.1) is 11.8 Å². The Morgan fingerprint density at radius 2 is 1.79 bits per heavy atom. The second-order valence-corrected chi connectivity index (χ2v) is 13.2. The van der Waals surface area contributed by atoms with Crippen molar-refractivity contribution in [3.8, 4) is 0 Å². The van der Waals surface area contributed by atoms with Crippen molar-refractivity contribution in [3.05, 3.63) is 71.1 Å². The molecule has 0 saturated carbocycles. The van der Waals surface area contributed by atoms with Gasteiger partial charge in [0.25, 0.3) is 0 Å². The van der Waals surface area contributed by atoms with Crippen LogP contribution in [0.4, 0.5) is 5.69 Å². The Morgan fingerprint density at radius 1 is 1.08 bits per heavy atom. The number of carbonyl (C=O) groups excluding carboxylic acids is 1. The predicted octanol–water partition coefficient (Wildman–Crippen LogP) is 5.78. The lowest BCUT2D eigenvalue weighted by molar-refractivity contribution is -0.123. The molecule has 0 aliphatic carbocycles. The molecular weight excluding hydrogens is 518 g/mol. The molecule has 200 valence electrons. The van der Waals surface area contributed by atoms with Gasteiger partial charge in [-0.2, -0.15) is 4.31 Å². The van der Waals surface area contributed by atoms with Crippen LogP contribution < -0.4 is 4.90 Å². The maximum Gasteiger partial charge on any atom is 0.248 e. The number of fused-ring (bicyclic) bond motifs is 1. The lowest BCUT2D eigenvalue weighted by Crippen LogP contribution is -2.47. The summed E-state index contributed by atoms with van der Waals surface area (Å²) in [4.78, 5) is 16.8. The Bertz CT molecular complexity index is 1440. The number of hydrogen-bond acceptors (Lipinski definition) is 6. The topological polar surface area (TPSA) is 83.7 Å². The zero-order chi connectivity index (χ0) is 26.9. The number of para-hydroxylation sites is 1. The molecule has 0 radical (unpaired) electrons. The number of nitrogens with zero attached hydrogens (tertiary/aromatic N) is 3. The van der Waals surface area contributed by atoms with Crippen molar-refractivity contribution in [3.63, 3.8) is 0 Å². The Labute approximate surface area is 228 Å². The first-order valence-electron chi connectivity index (χ1n) is 13.1. The van der Waals surface area contributed by atoms with Crippen molar-refractivity contribution in [1.29, 1.82) is 0 Å². The summed E-state index contributed by atoms with van der Waals surface area (Å²) in [7, 11) is -3.83. The average molecular weight is 552 g/mol. The number of piperidine rings is 1. The van der Waals surface area contributed by atoms with E-state index in [2.05, 4.69) is 18.1 Å². The van der Waals surface area contributed by atoms with Gasteiger partial charge in [-0.05, 0) is 56.9 Å². The van der Waals surface area contributed by atoms with E-state index < -0.39 is 10.0 Å². The van der Waals surface area contributed by atoms with Gasteiger partial charge in [-0.25, -0.2) is 8.42 Å². The van der Waals surface area contributed by atoms with Gasteiger partial charge in [0.15, 0.2) is 10.7 Å². The highest BCUT2D eigenvalue weighted by molar-refractivity contribution is 8.00. The van der Waals surface area contributed by atoms with Crippen molar-refractivity contribution in [2.75, 3.05) is 24.5 Å². The standard InChI is InChI=1S/C29H33N3O4S2/c1-4-24-19-32(25-7-5-6-8-27(25)37-24)29(33)23-15-17-31(18-16-23)38(34,35)28-21(3)30-36-26(28)14-13-22-11-9-20(2)10-12-22/h5-14,23-24H,4,15-19H2,1-3H3. The highest BCUT2D eigenvalue weighted by Crippen LogP contribution is 2.41. The molecule has 0 N–H and O–H groups in total. The minimum Gasteiger partial charge on any atom is -0.355 e.